The lowest BCUT2D eigenvalue weighted by atomic mass is 9.86. The van der Waals surface area contributed by atoms with E-state index < -0.39 is 5.24 Å². The topological polar surface area (TPSA) is 0 Å². The summed E-state index contributed by atoms with van der Waals surface area (Å²) in [5, 5.41) is -1.52. The van der Waals surface area contributed by atoms with Gasteiger partial charge >= 0.3 is 0 Å². The first-order chi connectivity index (χ1) is 8.25. The van der Waals surface area contributed by atoms with E-state index in [-0.39, 0.29) is 0 Å². The number of thiol groups is 1. The van der Waals surface area contributed by atoms with Gasteiger partial charge < -0.3 is 0 Å². The molecule has 0 heterocycles. The van der Waals surface area contributed by atoms with E-state index in [4.69, 9.17) is 24.1 Å². The van der Waals surface area contributed by atoms with E-state index in [1.807, 2.05) is 0 Å². The molecule has 0 aromatic rings. The Hall–Kier alpha value is 1.00. The fourth-order valence-corrected chi connectivity index (χ4v) is 11.2. The van der Waals surface area contributed by atoms with Crippen LogP contribution in [-0.2, 0) is 11.8 Å². The average molecular weight is 323 g/mol. The van der Waals surface area contributed by atoms with Crippen molar-refractivity contribution in [2.24, 2.45) is 22.7 Å². The first-order valence-electron chi connectivity index (χ1n) is 7.56. The van der Waals surface area contributed by atoms with Crippen LogP contribution in [0.4, 0.5) is 0 Å². The molecule has 3 heteroatoms. The summed E-state index contributed by atoms with van der Waals surface area (Å²) < 4.78 is 0. The van der Waals surface area contributed by atoms with Crippen molar-refractivity contribution >= 4 is 29.3 Å². The molecule has 0 spiro atoms. The summed E-state index contributed by atoms with van der Waals surface area (Å²) in [4.78, 5) is 0. The van der Waals surface area contributed by atoms with E-state index in [1.54, 1.807) is 0 Å². The fourth-order valence-electron chi connectivity index (χ4n) is 3.73. The van der Waals surface area contributed by atoms with Gasteiger partial charge in [0, 0.05) is 5.24 Å². The second-order valence-corrected chi connectivity index (χ2v) is 16.2. The van der Waals surface area contributed by atoms with Crippen LogP contribution in [0.3, 0.4) is 0 Å². The molecule has 0 rings (SSSR count). The number of rotatable bonds is 8. The Bertz CT molecular complexity index is 289. The maximum absolute atomic E-state index is 5.92. The van der Waals surface area contributed by atoms with Crippen molar-refractivity contribution in [2.75, 3.05) is 12.3 Å². The molecule has 0 atom stereocenters. The van der Waals surface area contributed by atoms with E-state index in [2.05, 4.69) is 55.4 Å². The molecule has 0 aliphatic heterocycles. The molecule has 0 fully saturated rings. The van der Waals surface area contributed by atoms with E-state index in [9.17, 15) is 0 Å². The summed E-state index contributed by atoms with van der Waals surface area (Å²) in [5.41, 5.74) is 0.665. The SMILES string of the molecule is CC(C)CC(C)(C)CP(=S)(S)CC(C)(C)CC(C)C. The fraction of sp³-hybridized carbons (Fsp3) is 1.00. The quantitative estimate of drug-likeness (QED) is 0.395. The Morgan fingerprint density at radius 1 is 0.842 bits per heavy atom. The van der Waals surface area contributed by atoms with E-state index in [1.165, 1.54) is 12.8 Å². The molecule has 0 saturated carbocycles. The molecule has 19 heavy (non-hydrogen) atoms. The molecule has 0 N–H and O–H groups in total. The maximum Gasteiger partial charge on any atom is 0.00447 e. The van der Waals surface area contributed by atoms with Crippen LogP contribution in [-0.4, -0.2) is 12.3 Å². The highest BCUT2D eigenvalue weighted by Gasteiger charge is 2.31. The molecule has 0 aromatic heterocycles. The predicted molar refractivity (Wildman–Crippen MR) is 99.5 cm³/mol. The van der Waals surface area contributed by atoms with Crippen molar-refractivity contribution in [3.8, 4) is 0 Å². The van der Waals surface area contributed by atoms with Gasteiger partial charge in [0.2, 0.25) is 0 Å². The first kappa shape index (κ1) is 20.0. The lowest BCUT2D eigenvalue weighted by Crippen LogP contribution is -2.24. The summed E-state index contributed by atoms with van der Waals surface area (Å²) in [6.45, 7) is 18.6. The van der Waals surface area contributed by atoms with E-state index >= 15 is 0 Å². The third-order valence-corrected chi connectivity index (χ3v) is 7.60. The Balaban J connectivity index is 4.67. The highest BCUT2D eigenvalue weighted by atomic mass is 32.9. The standard InChI is InChI=1S/C16H35PS2/c1-13(2)9-15(5,6)11-17(18,19)12-16(7,8)10-14(3)4/h13-14H,9-12H2,1-8H3,(H,18,19). The van der Waals surface area contributed by atoms with Gasteiger partial charge in [-0.25, -0.2) is 0 Å². The van der Waals surface area contributed by atoms with Gasteiger partial charge in [-0.2, -0.15) is 0 Å². The third kappa shape index (κ3) is 10.4. The molecular weight excluding hydrogens is 287 g/mol. The monoisotopic (exact) mass is 322 g/mol. The van der Waals surface area contributed by atoms with Gasteiger partial charge in [0.05, 0.1) is 0 Å². The summed E-state index contributed by atoms with van der Waals surface area (Å²) in [7, 11) is 0. The molecular formula is C16H35PS2. The Kier molecular flexibility index (Phi) is 7.71. The second-order valence-electron chi connectivity index (χ2n) is 8.69. The second kappa shape index (κ2) is 7.32. The van der Waals surface area contributed by atoms with Gasteiger partial charge in [0.15, 0.2) is 0 Å². The zero-order valence-electron chi connectivity index (χ0n) is 14.3. The summed E-state index contributed by atoms with van der Waals surface area (Å²) >= 11 is 10.9. The normalized spacial score (nSPS) is 14.5. The van der Waals surface area contributed by atoms with Crippen LogP contribution in [0.15, 0.2) is 0 Å². The van der Waals surface area contributed by atoms with E-state index in [0.717, 1.165) is 24.2 Å². The minimum atomic E-state index is -1.52. The van der Waals surface area contributed by atoms with Gasteiger partial charge in [-0.05, 0) is 47.8 Å². The van der Waals surface area contributed by atoms with Crippen molar-refractivity contribution in [3.05, 3.63) is 0 Å². The Morgan fingerprint density at radius 3 is 1.32 bits per heavy atom. The van der Waals surface area contributed by atoms with Crippen LogP contribution in [0.2, 0.25) is 0 Å². The molecule has 0 bridgehead atoms. The van der Waals surface area contributed by atoms with Crippen molar-refractivity contribution < 1.29 is 0 Å². The van der Waals surface area contributed by atoms with Crippen molar-refractivity contribution in [3.63, 3.8) is 0 Å². The molecule has 0 amide bonds. The zero-order chi connectivity index (χ0) is 15.5. The molecule has 0 aromatic carbocycles. The van der Waals surface area contributed by atoms with Crippen LogP contribution >= 0.6 is 17.5 Å². The van der Waals surface area contributed by atoms with Crippen LogP contribution in [0.1, 0.15) is 68.2 Å². The first-order valence-corrected chi connectivity index (χ1v) is 11.9. The third-order valence-electron chi connectivity index (χ3n) is 3.27. The molecule has 0 saturated heterocycles. The molecule has 0 aliphatic rings. The zero-order valence-corrected chi connectivity index (χ0v) is 16.9. The summed E-state index contributed by atoms with van der Waals surface area (Å²) in [5.74, 6) is 1.48. The minimum Gasteiger partial charge on any atom is -0.141 e. The number of hydrogen-bond donors (Lipinski definition) is 1. The van der Waals surface area contributed by atoms with Crippen molar-refractivity contribution in [1.82, 2.24) is 0 Å². The maximum atomic E-state index is 5.92. The van der Waals surface area contributed by atoms with Gasteiger partial charge in [0.25, 0.3) is 0 Å². The van der Waals surface area contributed by atoms with Crippen molar-refractivity contribution in [1.29, 1.82) is 0 Å². The van der Waals surface area contributed by atoms with Gasteiger partial charge in [0.1, 0.15) is 0 Å². The Labute approximate surface area is 132 Å². The molecule has 0 nitrogen and oxygen atoms in total. The van der Waals surface area contributed by atoms with Crippen LogP contribution in [0.5, 0.6) is 0 Å². The lowest BCUT2D eigenvalue weighted by molar-refractivity contribution is 0.316. The van der Waals surface area contributed by atoms with E-state index in [0.29, 0.717) is 10.8 Å². The molecule has 0 radical (unpaired) electrons. The van der Waals surface area contributed by atoms with Gasteiger partial charge in [-0.15, -0.1) is 12.2 Å². The van der Waals surface area contributed by atoms with Crippen LogP contribution in [0, 0.1) is 22.7 Å². The lowest BCUT2D eigenvalue weighted by Gasteiger charge is -2.36. The highest BCUT2D eigenvalue weighted by molar-refractivity contribution is 8.63. The minimum absolute atomic E-state index is 0.333. The Morgan fingerprint density at radius 2 is 1.11 bits per heavy atom. The van der Waals surface area contributed by atoms with Gasteiger partial charge in [-0.3, -0.25) is 0 Å². The van der Waals surface area contributed by atoms with Crippen LogP contribution in [0.25, 0.3) is 0 Å². The van der Waals surface area contributed by atoms with Gasteiger partial charge in [-0.1, -0.05) is 67.2 Å². The average Bonchev–Trinajstić information content (AvgIpc) is 1.89. The predicted octanol–water partition coefficient (Wildman–Crippen LogP) is 6.46. The summed E-state index contributed by atoms with van der Waals surface area (Å²) in [6.07, 6.45) is 4.74. The molecule has 0 aliphatic carbocycles. The van der Waals surface area contributed by atoms with Crippen molar-refractivity contribution in [2.45, 2.75) is 68.2 Å². The summed E-state index contributed by atoms with van der Waals surface area (Å²) in [6, 6.07) is 0. The number of hydrogen-bond acceptors (Lipinski definition) is 1. The highest BCUT2D eigenvalue weighted by Crippen LogP contribution is 2.59. The molecule has 0 unspecified atom stereocenters. The largest absolute Gasteiger partial charge is 0.141 e. The van der Waals surface area contributed by atoms with Crippen LogP contribution < -0.4 is 0 Å². The molecule has 116 valence electrons. The smallest absolute Gasteiger partial charge is 0.00447 e.